The van der Waals surface area contributed by atoms with Crippen LogP contribution in [0.5, 0.6) is 11.6 Å². The van der Waals surface area contributed by atoms with Crippen LogP contribution in [0.2, 0.25) is 0 Å². The van der Waals surface area contributed by atoms with Crippen molar-refractivity contribution in [1.29, 1.82) is 5.26 Å². The maximum Gasteiger partial charge on any atom is 0.242 e. The van der Waals surface area contributed by atoms with Gasteiger partial charge in [-0.3, -0.25) is 0 Å². The largest absolute Gasteiger partial charge is 0.434 e. The number of anilines is 3. The van der Waals surface area contributed by atoms with E-state index in [-0.39, 0.29) is 33.9 Å². The highest BCUT2D eigenvalue weighted by Crippen LogP contribution is 2.35. The van der Waals surface area contributed by atoms with Gasteiger partial charge in [-0.1, -0.05) is 6.92 Å². The third kappa shape index (κ3) is 4.73. The highest BCUT2D eigenvalue weighted by Gasteiger charge is 2.22. The molecule has 0 aliphatic carbocycles. The van der Waals surface area contributed by atoms with E-state index in [2.05, 4.69) is 32.0 Å². The SMILES string of the molecule is CCN1CCN(c2ccc(Nc3ncnc(Oc4cc(F)c5c(cc(C)n5CC)c4F)c3C#N)cc2)CC1. The lowest BCUT2D eigenvalue weighted by molar-refractivity contribution is 0.271. The van der Waals surface area contributed by atoms with Crippen LogP contribution in [0.1, 0.15) is 25.1 Å². The number of aromatic nitrogens is 3. The third-order valence-electron chi connectivity index (χ3n) is 7.00. The van der Waals surface area contributed by atoms with E-state index >= 15 is 4.39 Å². The van der Waals surface area contributed by atoms with Gasteiger partial charge in [0.05, 0.1) is 5.52 Å². The molecule has 8 nitrogen and oxygen atoms in total. The average Bonchev–Trinajstić information content (AvgIpc) is 3.29. The lowest BCUT2D eigenvalue weighted by Gasteiger charge is -2.35. The Morgan fingerprint density at radius 2 is 1.76 bits per heavy atom. The third-order valence-corrected chi connectivity index (χ3v) is 7.00. The molecule has 0 bridgehead atoms. The van der Waals surface area contributed by atoms with Crippen molar-refractivity contribution in [3.8, 4) is 17.7 Å². The van der Waals surface area contributed by atoms with Crippen LogP contribution in [0.4, 0.5) is 26.0 Å². The molecule has 0 spiro atoms. The molecule has 0 unspecified atom stereocenters. The molecule has 38 heavy (non-hydrogen) atoms. The fourth-order valence-electron chi connectivity index (χ4n) is 4.92. The van der Waals surface area contributed by atoms with Gasteiger partial charge in [0.2, 0.25) is 5.88 Å². The Hall–Kier alpha value is -4.23. The van der Waals surface area contributed by atoms with Gasteiger partial charge in [-0.15, -0.1) is 0 Å². The minimum atomic E-state index is -0.718. The molecular formula is C28H29F2N7O. The molecule has 3 heterocycles. The summed E-state index contributed by atoms with van der Waals surface area (Å²) in [6.45, 7) is 11.4. The van der Waals surface area contributed by atoms with Gasteiger partial charge in [-0.2, -0.15) is 5.26 Å². The van der Waals surface area contributed by atoms with Crippen molar-refractivity contribution in [1.82, 2.24) is 19.4 Å². The Bertz CT molecular complexity index is 1500. The number of fused-ring (bicyclic) bond motifs is 1. The van der Waals surface area contributed by atoms with Crippen LogP contribution in [-0.2, 0) is 6.54 Å². The maximum absolute atomic E-state index is 15.3. The number of rotatable bonds is 7. The first kappa shape index (κ1) is 25.4. The number of hydrogen-bond acceptors (Lipinski definition) is 7. The number of ether oxygens (including phenoxy) is 1. The second kappa shape index (κ2) is 10.6. The molecule has 10 heteroatoms. The van der Waals surface area contributed by atoms with Gasteiger partial charge in [0.1, 0.15) is 12.4 Å². The predicted molar refractivity (Wildman–Crippen MR) is 143 cm³/mol. The molecule has 0 atom stereocenters. The monoisotopic (exact) mass is 517 g/mol. The van der Waals surface area contributed by atoms with E-state index in [1.165, 1.54) is 6.33 Å². The molecule has 1 saturated heterocycles. The molecule has 2 aromatic heterocycles. The molecule has 2 aromatic carbocycles. The van der Waals surface area contributed by atoms with Crippen molar-refractivity contribution in [3.05, 3.63) is 65.6 Å². The fourth-order valence-corrected chi connectivity index (χ4v) is 4.92. The van der Waals surface area contributed by atoms with E-state index in [0.29, 0.717) is 6.54 Å². The van der Waals surface area contributed by atoms with E-state index in [1.807, 2.05) is 37.3 Å². The first-order chi connectivity index (χ1) is 18.4. The Morgan fingerprint density at radius 1 is 1.03 bits per heavy atom. The van der Waals surface area contributed by atoms with Crippen molar-refractivity contribution in [2.45, 2.75) is 27.3 Å². The highest BCUT2D eigenvalue weighted by atomic mass is 19.1. The highest BCUT2D eigenvalue weighted by molar-refractivity contribution is 5.84. The second-order valence-corrected chi connectivity index (χ2v) is 9.17. The van der Waals surface area contributed by atoms with Gasteiger partial charge >= 0.3 is 0 Å². The maximum atomic E-state index is 15.3. The number of piperazine rings is 1. The van der Waals surface area contributed by atoms with Gasteiger partial charge in [-0.25, -0.2) is 18.7 Å². The number of benzene rings is 2. The first-order valence-corrected chi connectivity index (χ1v) is 12.7. The summed E-state index contributed by atoms with van der Waals surface area (Å²) in [5.41, 5.74) is 2.74. The summed E-state index contributed by atoms with van der Waals surface area (Å²) in [4.78, 5) is 13.0. The Balaban J connectivity index is 1.38. The van der Waals surface area contributed by atoms with Crippen LogP contribution in [0.15, 0.2) is 42.7 Å². The predicted octanol–water partition coefficient (Wildman–Crippen LogP) is 5.59. The molecule has 1 aliphatic heterocycles. The molecule has 196 valence electrons. The van der Waals surface area contributed by atoms with Crippen LogP contribution in [-0.4, -0.2) is 52.2 Å². The van der Waals surface area contributed by atoms with Crippen molar-refractivity contribution in [2.75, 3.05) is 42.9 Å². The number of nitriles is 1. The molecule has 1 fully saturated rings. The van der Waals surface area contributed by atoms with Gasteiger partial charge in [0, 0.05) is 61.2 Å². The summed E-state index contributed by atoms with van der Waals surface area (Å²) < 4.78 is 37.6. The normalized spacial score (nSPS) is 14.1. The zero-order chi connectivity index (χ0) is 26.8. The fraction of sp³-hybridized carbons (Fsp3) is 0.321. The molecule has 4 aromatic rings. The minimum Gasteiger partial charge on any atom is -0.434 e. The molecule has 0 amide bonds. The lowest BCUT2D eigenvalue weighted by Crippen LogP contribution is -2.46. The van der Waals surface area contributed by atoms with Crippen molar-refractivity contribution in [2.24, 2.45) is 0 Å². The van der Waals surface area contributed by atoms with Gasteiger partial charge in [0.15, 0.2) is 28.8 Å². The summed E-state index contributed by atoms with van der Waals surface area (Å²) in [6, 6.07) is 12.5. The molecule has 0 radical (unpaired) electrons. The lowest BCUT2D eigenvalue weighted by atomic mass is 10.2. The summed E-state index contributed by atoms with van der Waals surface area (Å²) >= 11 is 0. The van der Waals surface area contributed by atoms with Crippen molar-refractivity contribution >= 4 is 28.1 Å². The number of hydrogen-bond donors (Lipinski definition) is 1. The average molecular weight is 518 g/mol. The zero-order valence-electron chi connectivity index (χ0n) is 21.6. The summed E-state index contributed by atoms with van der Waals surface area (Å²) in [5, 5.41) is 13.1. The van der Waals surface area contributed by atoms with Crippen LogP contribution >= 0.6 is 0 Å². The Morgan fingerprint density at radius 3 is 2.42 bits per heavy atom. The number of nitrogens with zero attached hydrogens (tertiary/aromatic N) is 6. The molecule has 0 saturated carbocycles. The van der Waals surface area contributed by atoms with E-state index < -0.39 is 11.6 Å². The van der Waals surface area contributed by atoms with E-state index in [0.717, 1.165) is 55.9 Å². The Kier molecular flexibility index (Phi) is 7.11. The smallest absolute Gasteiger partial charge is 0.242 e. The molecule has 5 rings (SSSR count). The molecular weight excluding hydrogens is 488 g/mol. The van der Waals surface area contributed by atoms with Crippen LogP contribution in [0, 0.1) is 29.9 Å². The topological polar surface area (TPSA) is 82.2 Å². The first-order valence-electron chi connectivity index (χ1n) is 12.7. The van der Waals surface area contributed by atoms with E-state index in [4.69, 9.17) is 4.74 Å². The zero-order valence-corrected chi connectivity index (χ0v) is 21.6. The number of likely N-dealkylation sites (N-methyl/N-ethyl adjacent to an activating group) is 1. The second-order valence-electron chi connectivity index (χ2n) is 9.17. The van der Waals surface area contributed by atoms with Crippen LogP contribution in [0.25, 0.3) is 10.9 Å². The minimum absolute atomic E-state index is 0.0190. The summed E-state index contributed by atoms with van der Waals surface area (Å²) in [5.74, 6) is -1.65. The van der Waals surface area contributed by atoms with Crippen LogP contribution < -0.4 is 15.0 Å². The van der Waals surface area contributed by atoms with Gasteiger partial charge < -0.3 is 24.4 Å². The quantitative estimate of drug-likeness (QED) is 0.342. The van der Waals surface area contributed by atoms with E-state index in [9.17, 15) is 9.65 Å². The number of aryl methyl sites for hydroxylation is 2. The number of nitrogens with one attached hydrogen (secondary N) is 1. The van der Waals surface area contributed by atoms with Gasteiger partial charge in [-0.05, 0) is 50.7 Å². The summed E-state index contributed by atoms with van der Waals surface area (Å²) in [6.07, 6.45) is 1.21. The van der Waals surface area contributed by atoms with E-state index in [1.54, 1.807) is 17.6 Å². The number of halogens is 2. The molecule has 1 N–H and O–H groups in total. The van der Waals surface area contributed by atoms with Crippen molar-refractivity contribution in [3.63, 3.8) is 0 Å². The van der Waals surface area contributed by atoms with Gasteiger partial charge in [0.25, 0.3) is 0 Å². The van der Waals surface area contributed by atoms with Crippen LogP contribution in [0.3, 0.4) is 0 Å². The standard InChI is InChI=1S/C28H29F2N7O/c1-4-35-10-12-36(13-11-35)20-8-6-19(7-9-20)34-27-22(16-31)28(33-17-32-27)38-24-15-23(29)26-21(25(24)30)14-18(3)37(26)5-2/h6-9,14-15,17H,4-5,10-13H2,1-3H3,(H,32,33,34). The Labute approximate surface area is 220 Å². The molecule has 1 aliphatic rings. The summed E-state index contributed by atoms with van der Waals surface area (Å²) in [7, 11) is 0. The van der Waals surface area contributed by atoms with Crippen molar-refractivity contribution < 1.29 is 13.5 Å².